The largest absolute Gasteiger partial charge is 0.368 e. The van der Waals surface area contributed by atoms with Gasteiger partial charge in [-0.1, -0.05) is 54.6 Å². The van der Waals surface area contributed by atoms with Crippen LogP contribution < -0.4 is 15.5 Å². The number of para-hydroxylation sites is 2. The molecule has 1 aliphatic rings. The Kier molecular flexibility index (Phi) is 7.45. The molecule has 1 aliphatic heterocycles. The molecule has 1 atom stereocenters. The summed E-state index contributed by atoms with van der Waals surface area (Å²) < 4.78 is 37.8. The van der Waals surface area contributed by atoms with Crippen LogP contribution in [-0.4, -0.2) is 50.9 Å². The van der Waals surface area contributed by atoms with Crippen molar-refractivity contribution in [2.24, 2.45) is 0 Å². The molecule has 2 amide bonds. The van der Waals surface area contributed by atoms with E-state index in [0.29, 0.717) is 24.5 Å². The van der Waals surface area contributed by atoms with Gasteiger partial charge in [0.2, 0.25) is 5.91 Å². The highest BCUT2D eigenvalue weighted by atomic mass is 32.2. The molecule has 3 aromatic carbocycles. The van der Waals surface area contributed by atoms with Gasteiger partial charge in [0.25, 0.3) is 5.91 Å². The Morgan fingerprint density at radius 2 is 1.51 bits per heavy atom. The topological polar surface area (TPSA) is 95.6 Å². The van der Waals surface area contributed by atoms with E-state index in [2.05, 4.69) is 10.6 Å². The highest BCUT2D eigenvalue weighted by molar-refractivity contribution is 7.91. The number of hydrogen-bond donors (Lipinski definition) is 2. The molecule has 9 heteroatoms. The monoisotopic (exact) mass is 495 g/mol. The van der Waals surface area contributed by atoms with Crippen molar-refractivity contribution in [2.75, 3.05) is 34.8 Å². The van der Waals surface area contributed by atoms with Crippen LogP contribution in [0.2, 0.25) is 0 Å². The molecule has 4 rings (SSSR count). The number of benzene rings is 3. The fraction of sp³-hybridized carbons (Fsp3) is 0.231. The highest BCUT2D eigenvalue weighted by Gasteiger charge is 2.26. The summed E-state index contributed by atoms with van der Waals surface area (Å²) in [7, 11) is -3.06. The third-order valence-electron chi connectivity index (χ3n) is 5.87. The Bertz CT molecular complexity index is 1300. The number of sulfone groups is 1. The summed E-state index contributed by atoms with van der Waals surface area (Å²) in [6.45, 7) is 0.652. The van der Waals surface area contributed by atoms with Crippen LogP contribution in [0.3, 0.4) is 0 Å². The maximum absolute atomic E-state index is 14.2. The Morgan fingerprint density at radius 3 is 2.23 bits per heavy atom. The van der Waals surface area contributed by atoms with Gasteiger partial charge in [-0.05, 0) is 29.8 Å². The van der Waals surface area contributed by atoms with Crippen LogP contribution in [0.25, 0.3) is 0 Å². The van der Waals surface area contributed by atoms with Crippen LogP contribution in [0.15, 0.2) is 78.9 Å². The summed E-state index contributed by atoms with van der Waals surface area (Å²) >= 11 is 0. The number of halogens is 1. The smallest absolute Gasteiger partial charge is 0.254 e. The summed E-state index contributed by atoms with van der Waals surface area (Å²) in [6.07, 6.45) is 0.205. The molecular weight excluding hydrogens is 469 g/mol. The molecule has 0 radical (unpaired) electrons. The average molecular weight is 496 g/mol. The molecule has 0 bridgehead atoms. The second kappa shape index (κ2) is 10.7. The molecule has 0 aliphatic carbocycles. The van der Waals surface area contributed by atoms with E-state index in [1.54, 1.807) is 18.2 Å². The van der Waals surface area contributed by atoms with Gasteiger partial charge >= 0.3 is 0 Å². The minimum atomic E-state index is -3.06. The summed E-state index contributed by atoms with van der Waals surface area (Å²) in [5, 5.41) is 5.55. The lowest BCUT2D eigenvalue weighted by molar-refractivity contribution is -0.118. The summed E-state index contributed by atoms with van der Waals surface area (Å²) in [6, 6.07) is 21.0. The van der Waals surface area contributed by atoms with Crippen molar-refractivity contribution >= 4 is 33.0 Å². The molecular formula is C26H26FN3O4S. The lowest BCUT2D eigenvalue weighted by atomic mass is 10.0. The highest BCUT2D eigenvalue weighted by Crippen LogP contribution is 2.27. The molecule has 0 saturated carbocycles. The van der Waals surface area contributed by atoms with Crippen LogP contribution in [0, 0.1) is 5.82 Å². The fourth-order valence-corrected chi connectivity index (χ4v) is 5.17. The molecule has 182 valence electrons. The zero-order valence-electron chi connectivity index (χ0n) is 19.0. The lowest BCUT2D eigenvalue weighted by Crippen LogP contribution is -2.46. The SMILES string of the molecule is O=C(N[C@H](Cc1ccccc1)C(=O)Nc1ccccc1N1CCS(=O)(=O)CC1)c1ccccc1F. The number of rotatable bonds is 7. The number of carbonyl (C=O) groups is 2. The van der Waals surface area contributed by atoms with Gasteiger partial charge in [0, 0.05) is 19.5 Å². The van der Waals surface area contributed by atoms with E-state index < -0.39 is 33.5 Å². The Morgan fingerprint density at radius 1 is 0.886 bits per heavy atom. The third-order valence-corrected chi connectivity index (χ3v) is 7.48. The van der Waals surface area contributed by atoms with E-state index in [9.17, 15) is 22.4 Å². The molecule has 0 unspecified atom stereocenters. The van der Waals surface area contributed by atoms with Gasteiger partial charge in [0.1, 0.15) is 11.9 Å². The van der Waals surface area contributed by atoms with E-state index in [4.69, 9.17) is 0 Å². The molecule has 0 spiro atoms. The second-order valence-corrected chi connectivity index (χ2v) is 10.6. The van der Waals surface area contributed by atoms with Crippen molar-refractivity contribution in [2.45, 2.75) is 12.5 Å². The maximum atomic E-state index is 14.2. The Labute approximate surface area is 203 Å². The normalized spacial score (nSPS) is 15.7. The first-order chi connectivity index (χ1) is 16.8. The number of carbonyl (C=O) groups excluding carboxylic acids is 2. The van der Waals surface area contributed by atoms with Crippen LogP contribution in [0.5, 0.6) is 0 Å². The molecule has 1 saturated heterocycles. The first kappa shape index (κ1) is 24.4. The van der Waals surface area contributed by atoms with Crippen molar-refractivity contribution < 1.29 is 22.4 Å². The number of hydrogen-bond acceptors (Lipinski definition) is 5. The van der Waals surface area contributed by atoms with Crippen LogP contribution in [0.1, 0.15) is 15.9 Å². The van der Waals surface area contributed by atoms with Gasteiger partial charge in [0.15, 0.2) is 9.84 Å². The number of nitrogens with zero attached hydrogens (tertiary/aromatic N) is 1. The van der Waals surface area contributed by atoms with E-state index in [-0.39, 0.29) is 23.5 Å². The van der Waals surface area contributed by atoms with Crippen LogP contribution >= 0.6 is 0 Å². The molecule has 1 heterocycles. The predicted molar refractivity (Wildman–Crippen MR) is 134 cm³/mol. The first-order valence-corrected chi connectivity index (χ1v) is 13.1. The van der Waals surface area contributed by atoms with Crippen molar-refractivity contribution in [1.29, 1.82) is 0 Å². The molecule has 1 fully saturated rings. The number of anilines is 2. The average Bonchev–Trinajstić information content (AvgIpc) is 2.85. The Hall–Kier alpha value is -3.72. The van der Waals surface area contributed by atoms with E-state index in [1.807, 2.05) is 47.4 Å². The fourth-order valence-electron chi connectivity index (χ4n) is 3.97. The number of amides is 2. The van der Waals surface area contributed by atoms with Gasteiger partial charge in [-0.15, -0.1) is 0 Å². The standard InChI is InChI=1S/C26H26FN3O4S/c27-21-11-5-4-10-20(21)25(31)29-23(18-19-8-2-1-3-9-19)26(32)28-22-12-6-7-13-24(22)30-14-16-35(33,34)17-15-30/h1-13,23H,14-18H2,(H,28,32)(H,29,31)/t23-/m1/s1. The van der Waals surface area contributed by atoms with Gasteiger partial charge < -0.3 is 15.5 Å². The van der Waals surface area contributed by atoms with Crippen LogP contribution in [-0.2, 0) is 21.1 Å². The Balaban J connectivity index is 1.56. The maximum Gasteiger partial charge on any atom is 0.254 e. The summed E-state index contributed by atoms with van der Waals surface area (Å²) in [5.74, 6) is -1.73. The molecule has 35 heavy (non-hydrogen) atoms. The quantitative estimate of drug-likeness (QED) is 0.525. The zero-order chi connectivity index (χ0) is 24.8. The van der Waals surface area contributed by atoms with Gasteiger partial charge in [-0.25, -0.2) is 12.8 Å². The van der Waals surface area contributed by atoms with Crippen molar-refractivity contribution in [3.8, 4) is 0 Å². The van der Waals surface area contributed by atoms with Gasteiger partial charge in [-0.3, -0.25) is 9.59 Å². The molecule has 7 nitrogen and oxygen atoms in total. The molecule has 2 N–H and O–H groups in total. The molecule has 0 aromatic heterocycles. The van der Waals surface area contributed by atoms with E-state index >= 15 is 0 Å². The minimum Gasteiger partial charge on any atom is -0.368 e. The second-order valence-electron chi connectivity index (χ2n) is 8.34. The first-order valence-electron chi connectivity index (χ1n) is 11.3. The van der Waals surface area contributed by atoms with Crippen molar-refractivity contribution in [3.05, 3.63) is 95.8 Å². The van der Waals surface area contributed by atoms with Gasteiger partial charge in [0.05, 0.1) is 28.4 Å². The zero-order valence-corrected chi connectivity index (χ0v) is 19.8. The molecule has 3 aromatic rings. The number of nitrogens with one attached hydrogen (secondary N) is 2. The predicted octanol–water partition coefficient (Wildman–Crippen LogP) is 3.04. The summed E-state index contributed by atoms with van der Waals surface area (Å²) in [4.78, 5) is 28.1. The van der Waals surface area contributed by atoms with E-state index in [1.165, 1.54) is 18.2 Å². The van der Waals surface area contributed by atoms with Crippen molar-refractivity contribution in [3.63, 3.8) is 0 Å². The van der Waals surface area contributed by atoms with Crippen molar-refractivity contribution in [1.82, 2.24) is 5.32 Å². The third kappa shape index (κ3) is 6.24. The van der Waals surface area contributed by atoms with Gasteiger partial charge in [-0.2, -0.15) is 0 Å². The van der Waals surface area contributed by atoms with Crippen LogP contribution in [0.4, 0.5) is 15.8 Å². The summed E-state index contributed by atoms with van der Waals surface area (Å²) in [5.41, 5.74) is 1.90. The van der Waals surface area contributed by atoms with E-state index in [0.717, 1.165) is 5.56 Å². The minimum absolute atomic E-state index is 0.0462. The lowest BCUT2D eigenvalue weighted by Gasteiger charge is -2.30.